The van der Waals surface area contributed by atoms with Gasteiger partial charge in [-0.15, -0.1) is 0 Å². The molecule has 9 heteroatoms. The van der Waals surface area contributed by atoms with Crippen molar-refractivity contribution < 1.29 is 18.3 Å². The Bertz CT molecular complexity index is 509. The van der Waals surface area contributed by atoms with Crippen LogP contribution < -0.4 is 4.72 Å². The van der Waals surface area contributed by atoms with E-state index in [2.05, 4.69) is 14.4 Å². The first-order valence-electron chi connectivity index (χ1n) is 4.84. The molecule has 0 aromatic carbocycles. The summed E-state index contributed by atoms with van der Waals surface area (Å²) in [4.78, 5) is 3.51. The zero-order chi connectivity index (χ0) is 13.8. The number of nitrogens with zero attached hydrogens (tertiary/aromatic N) is 1. The molecule has 0 saturated carbocycles. The van der Waals surface area contributed by atoms with Crippen LogP contribution in [0.5, 0.6) is 0 Å². The van der Waals surface area contributed by atoms with Crippen LogP contribution in [-0.2, 0) is 14.8 Å². The van der Waals surface area contributed by atoms with E-state index in [1.165, 1.54) is 13.2 Å². The number of pyridine rings is 1. The van der Waals surface area contributed by atoms with E-state index in [4.69, 9.17) is 23.2 Å². The normalized spacial score (nSPS) is 13.6. The van der Waals surface area contributed by atoms with E-state index in [1.807, 2.05) is 0 Å². The summed E-state index contributed by atoms with van der Waals surface area (Å²) >= 11 is 11.3. The zero-order valence-electron chi connectivity index (χ0n) is 9.43. The molecule has 0 radical (unpaired) electrons. The fraction of sp³-hybridized carbons (Fsp3) is 0.444. The van der Waals surface area contributed by atoms with Crippen molar-refractivity contribution in [1.29, 1.82) is 0 Å². The maximum Gasteiger partial charge on any atom is 0.242 e. The number of halogens is 2. The average Bonchev–Trinajstić information content (AvgIpc) is 2.30. The van der Waals surface area contributed by atoms with Gasteiger partial charge in [0.1, 0.15) is 10.0 Å². The van der Waals surface area contributed by atoms with Crippen molar-refractivity contribution in [2.75, 3.05) is 20.3 Å². The molecule has 18 heavy (non-hydrogen) atoms. The summed E-state index contributed by atoms with van der Waals surface area (Å²) in [5.41, 5.74) is 0. The van der Waals surface area contributed by atoms with Gasteiger partial charge in [-0.05, 0) is 6.07 Å². The molecule has 0 saturated heterocycles. The second-order valence-corrected chi connectivity index (χ2v) is 5.94. The van der Waals surface area contributed by atoms with Crippen molar-refractivity contribution in [3.63, 3.8) is 0 Å². The Balaban J connectivity index is 2.77. The highest BCUT2D eigenvalue weighted by molar-refractivity contribution is 7.89. The zero-order valence-corrected chi connectivity index (χ0v) is 11.8. The van der Waals surface area contributed by atoms with Crippen molar-refractivity contribution in [3.05, 3.63) is 22.4 Å². The maximum atomic E-state index is 11.8. The van der Waals surface area contributed by atoms with Gasteiger partial charge in [-0.1, -0.05) is 23.2 Å². The van der Waals surface area contributed by atoms with Crippen molar-refractivity contribution in [2.45, 2.75) is 11.0 Å². The van der Waals surface area contributed by atoms with Crippen LogP contribution in [-0.4, -0.2) is 44.9 Å². The molecule has 2 N–H and O–H groups in total. The third kappa shape index (κ3) is 4.34. The Kier molecular flexibility index (Phi) is 5.77. The molecule has 0 amide bonds. The highest BCUT2D eigenvalue weighted by Crippen LogP contribution is 2.21. The predicted octanol–water partition coefficient (Wildman–Crippen LogP) is 0.674. The van der Waals surface area contributed by atoms with E-state index in [0.29, 0.717) is 0 Å². The lowest BCUT2D eigenvalue weighted by atomic mass is 10.4. The van der Waals surface area contributed by atoms with Crippen LogP contribution >= 0.6 is 23.2 Å². The smallest absolute Gasteiger partial charge is 0.242 e. The fourth-order valence-electron chi connectivity index (χ4n) is 1.09. The molecule has 0 spiro atoms. The van der Waals surface area contributed by atoms with Crippen LogP contribution in [0.2, 0.25) is 10.2 Å². The molecule has 1 unspecified atom stereocenters. The van der Waals surface area contributed by atoms with Gasteiger partial charge in [-0.3, -0.25) is 0 Å². The van der Waals surface area contributed by atoms with E-state index in [0.717, 1.165) is 6.20 Å². The quantitative estimate of drug-likeness (QED) is 0.754. The molecule has 0 aliphatic carbocycles. The van der Waals surface area contributed by atoms with Gasteiger partial charge in [0, 0.05) is 19.9 Å². The van der Waals surface area contributed by atoms with E-state index >= 15 is 0 Å². The molecule has 0 aliphatic heterocycles. The molecule has 102 valence electrons. The SMILES string of the molecule is COCC(O)CNS(=O)(=O)c1cnc(Cl)c(Cl)c1. The first-order chi connectivity index (χ1) is 8.36. The van der Waals surface area contributed by atoms with Crippen LogP contribution in [0.4, 0.5) is 0 Å². The molecule has 1 heterocycles. The number of hydrogen-bond acceptors (Lipinski definition) is 5. The van der Waals surface area contributed by atoms with Gasteiger partial charge in [0.25, 0.3) is 0 Å². The van der Waals surface area contributed by atoms with Crippen LogP contribution in [0.1, 0.15) is 0 Å². The van der Waals surface area contributed by atoms with Gasteiger partial charge in [-0.25, -0.2) is 18.1 Å². The van der Waals surface area contributed by atoms with Crippen LogP contribution in [0.3, 0.4) is 0 Å². The second kappa shape index (κ2) is 6.65. The molecule has 1 aromatic rings. The molecule has 1 atom stereocenters. The minimum atomic E-state index is -3.78. The molecular weight excluding hydrogens is 303 g/mol. The lowest BCUT2D eigenvalue weighted by Gasteiger charge is -2.11. The van der Waals surface area contributed by atoms with Crippen molar-refractivity contribution in [2.24, 2.45) is 0 Å². The summed E-state index contributed by atoms with van der Waals surface area (Å²) in [6.45, 7) is -0.140. The summed E-state index contributed by atoms with van der Waals surface area (Å²) < 4.78 is 30.5. The number of aliphatic hydroxyl groups is 1. The number of ether oxygens (including phenoxy) is 1. The lowest BCUT2D eigenvalue weighted by molar-refractivity contribution is 0.0679. The standard InChI is InChI=1S/C9H12Cl2N2O4S/c1-17-5-6(14)3-13-18(15,16)7-2-8(10)9(11)12-4-7/h2,4,6,13-14H,3,5H2,1H3. The highest BCUT2D eigenvalue weighted by atomic mass is 35.5. The highest BCUT2D eigenvalue weighted by Gasteiger charge is 2.17. The van der Waals surface area contributed by atoms with Gasteiger partial charge in [-0.2, -0.15) is 0 Å². The summed E-state index contributed by atoms with van der Waals surface area (Å²) in [6, 6.07) is 1.18. The fourth-order valence-corrected chi connectivity index (χ4v) is 2.47. The summed E-state index contributed by atoms with van der Waals surface area (Å²) in [7, 11) is -2.38. The number of aromatic nitrogens is 1. The van der Waals surface area contributed by atoms with E-state index in [-0.39, 0.29) is 28.2 Å². The first kappa shape index (κ1) is 15.6. The van der Waals surface area contributed by atoms with Crippen molar-refractivity contribution in [3.8, 4) is 0 Å². The summed E-state index contributed by atoms with van der Waals surface area (Å²) in [5.74, 6) is 0. The second-order valence-electron chi connectivity index (χ2n) is 3.40. The summed E-state index contributed by atoms with van der Waals surface area (Å²) in [6.07, 6.45) is 0.153. The topological polar surface area (TPSA) is 88.5 Å². The number of sulfonamides is 1. The number of methoxy groups -OCH3 is 1. The van der Waals surface area contributed by atoms with Gasteiger partial charge in [0.05, 0.1) is 17.7 Å². The molecule has 0 bridgehead atoms. The third-order valence-electron chi connectivity index (χ3n) is 1.95. The van der Waals surface area contributed by atoms with E-state index in [9.17, 15) is 13.5 Å². The molecule has 0 fully saturated rings. The number of hydrogen-bond donors (Lipinski definition) is 2. The monoisotopic (exact) mass is 314 g/mol. The van der Waals surface area contributed by atoms with Crippen LogP contribution in [0, 0.1) is 0 Å². The maximum absolute atomic E-state index is 11.8. The van der Waals surface area contributed by atoms with Crippen LogP contribution in [0.15, 0.2) is 17.2 Å². The molecule has 6 nitrogen and oxygen atoms in total. The average molecular weight is 315 g/mol. The molecule has 0 aliphatic rings. The Morgan fingerprint density at radius 3 is 2.78 bits per heavy atom. The minimum Gasteiger partial charge on any atom is -0.389 e. The van der Waals surface area contributed by atoms with Crippen molar-refractivity contribution in [1.82, 2.24) is 9.71 Å². The largest absolute Gasteiger partial charge is 0.389 e. The van der Waals surface area contributed by atoms with E-state index < -0.39 is 16.1 Å². The number of aliphatic hydroxyl groups excluding tert-OH is 1. The van der Waals surface area contributed by atoms with Gasteiger partial charge < -0.3 is 9.84 Å². The summed E-state index contributed by atoms with van der Waals surface area (Å²) in [5, 5.41) is 9.41. The molecule has 1 aromatic heterocycles. The van der Waals surface area contributed by atoms with Crippen molar-refractivity contribution >= 4 is 33.2 Å². The third-order valence-corrected chi connectivity index (χ3v) is 4.03. The van der Waals surface area contributed by atoms with Gasteiger partial charge >= 0.3 is 0 Å². The number of rotatable bonds is 6. The predicted molar refractivity (Wildman–Crippen MR) is 67.3 cm³/mol. The Morgan fingerprint density at radius 1 is 1.56 bits per heavy atom. The van der Waals surface area contributed by atoms with E-state index in [1.54, 1.807) is 0 Å². The van der Waals surface area contributed by atoms with Gasteiger partial charge in [0.2, 0.25) is 10.0 Å². The minimum absolute atomic E-state index is 0.0232. The Labute approximate surface area is 115 Å². The van der Waals surface area contributed by atoms with Crippen LogP contribution in [0.25, 0.3) is 0 Å². The van der Waals surface area contributed by atoms with Gasteiger partial charge in [0.15, 0.2) is 0 Å². The Morgan fingerprint density at radius 2 is 2.22 bits per heavy atom. The Hall–Kier alpha value is -0.440. The number of nitrogens with one attached hydrogen (secondary N) is 1. The first-order valence-corrected chi connectivity index (χ1v) is 7.08. The lowest BCUT2D eigenvalue weighted by Crippen LogP contribution is -2.34. The molecular formula is C9H12Cl2N2O4S. The molecule has 1 rings (SSSR count).